The van der Waals surface area contributed by atoms with Crippen LogP contribution in [0.25, 0.3) is 0 Å². The summed E-state index contributed by atoms with van der Waals surface area (Å²) < 4.78 is 53.0. The third-order valence-corrected chi connectivity index (χ3v) is 2.72. The molecule has 19 heavy (non-hydrogen) atoms. The second-order valence-corrected chi connectivity index (χ2v) is 4.16. The third-order valence-electron chi connectivity index (χ3n) is 2.72. The van der Waals surface area contributed by atoms with Crippen molar-refractivity contribution in [2.45, 2.75) is 13.0 Å². The fraction of sp³-hybridized carbons (Fsp3) is 0.143. The molecule has 0 amide bonds. The molecule has 1 unspecified atom stereocenters. The molecule has 0 radical (unpaired) electrons. The molecule has 1 nitrogen and oxygen atoms in total. The van der Waals surface area contributed by atoms with Crippen molar-refractivity contribution in [2.75, 3.05) is 5.32 Å². The van der Waals surface area contributed by atoms with Gasteiger partial charge in [0.2, 0.25) is 0 Å². The van der Waals surface area contributed by atoms with E-state index in [2.05, 4.69) is 5.32 Å². The van der Waals surface area contributed by atoms with Crippen LogP contribution in [0.3, 0.4) is 0 Å². The van der Waals surface area contributed by atoms with Gasteiger partial charge in [-0.15, -0.1) is 0 Å². The van der Waals surface area contributed by atoms with Crippen LogP contribution in [0.2, 0.25) is 0 Å². The van der Waals surface area contributed by atoms with E-state index in [1.807, 2.05) is 0 Å². The average Bonchev–Trinajstić information content (AvgIpc) is 2.36. The molecule has 2 aromatic carbocycles. The van der Waals surface area contributed by atoms with Crippen molar-refractivity contribution in [3.63, 3.8) is 0 Å². The lowest BCUT2D eigenvalue weighted by atomic mass is 10.1. The van der Waals surface area contributed by atoms with Crippen LogP contribution in [0.15, 0.2) is 36.4 Å². The predicted octanol–water partition coefficient (Wildman–Crippen LogP) is 4.42. The molecule has 1 N–H and O–H groups in total. The molecule has 0 saturated carbocycles. The van der Waals surface area contributed by atoms with Crippen LogP contribution >= 0.6 is 0 Å². The molecule has 0 heterocycles. The van der Waals surface area contributed by atoms with Crippen molar-refractivity contribution in [3.05, 3.63) is 65.2 Å². The Morgan fingerprint density at radius 1 is 0.842 bits per heavy atom. The summed E-state index contributed by atoms with van der Waals surface area (Å²) in [7, 11) is 0. The van der Waals surface area contributed by atoms with Gasteiger partial charge in [-0.3, -0.25) is 0 Å². The minimum atomic E-state index is -0.702. The first-order valence-corrected chi connectivity index (χ1v) is 5.64. The van der Waals surface area contributed by atoms with Crippen molar-refractivity contribution in [3.8, 4) is 0 Å². The summed E-state index contributed by atoms with van der Waals surface area (Å²) in [6.45, 7) is 1.53. The third kappa shape index (κ3) is 3.05. The van der Waals surface area contributed by atoms with Gasteiger partial charge in [0.05, 0.1) is 11.7 Å². The largest absolute Gasteiger partial charge is 0.376 e. The van der Waals surface area contributed by atoms with Crippen LogP contribution in [0.1, 0.15) is 18.5 Å². The Morgan fingerprint density at radius 3 is 2.11 bits per heavy atom. The molecular weight excluding hydrogens is 258 g/mol. The highest BCUT2D eigenvalue weighted by atomic mass is 19.1. The lowest BCUT2D eigenvalue weighted by Gasteiger charge is -2.17. The van der Waals surface area contributed by atoms with E-state index in [0.29, 0.717) is 0 Å². The fourth-order valence-electron chi connectivity index (χ4n) is 1.77. The van der Waals surface area contributed by atoms with Crippen molar-refractivity contribution in [1.82, 2.24) is 0 Å². The molecule has 0 bridgehead atoms. The summed E-state index contributed by atoms with van der Waals surface area (Å²) in [5, 5.41) is 2.61. The number of nitrogens with one attached hydrogen (secondary N) is 1. The fourth-order valence-corrected chi connectivity index (χ4v) is 1.77. The van der Waals surface area contributed by atoms with Crippen LogP contribution in [-0.2, 0) is 0 Å². The van der Waals surface area contributed by atoms with Crippen LogP contribution in [0.4, 0.5) is 23.2 Å². The molecule has 0 aromatic heterocycles. The SMILES string of the molecule is CC(Nc1cc(F)ccc1F)c1cc(F)ccc1F. The zero-order chi connectivity index (χ0) is 14.0. The van der Waals surface area contributed by atoms with Crippen LogP contribution in [0.5, 0.6) is 0 Å². The zero-order valence-corrected chi connectivity index (χ0v) is 10.1. The van der Waals surface area contributed by atoms with Gasteiger partial charge in [0, 0.05) is 5.56 Å². The van der Waals surface area contributed by atoms with Gasteiger partial charge >= 0.3 is 0 Å². The molecule has 0 aliphatic heterocycles. The first kappa shape index (κ1) is 13.4. The smallest absolute Gasteiger partial charge is 0.146 e. The molecule has 2 rings (SSSR count). The van der Waals surface area contributed by atoms with Crippen molar-refractivity contribution >= 4 is 5.69 Å². The topological polar surface area (TPSA) is 12.0 Å². The monoisotopic (exact) mass is 269 g/mol. The van der Waals surface area contributed by atoms with Gasteiger partial charge in [0.15, 0.2) is 0 Å². The second kappa shape index (κ2) is 5.30. The van der Waals surface area contributed by atoms with Crippen molar-refractivity contribution < 1.29 is 17.6 Å². The molecule has 100 valence electrons. The highest BCUT2D eigenvalue weighted by Gasteiger charge is 2.14. The van der Waals surface area contributed by atoms with Crippen LogP contribution in [-0.4, -0.2) is 0 Å². The van der Waals surface area contributed by atoms with E-state index in [-0.39, 0.29) is 11.3 Å². The number of halogens is 4. The Morgan fingerprint density at radius 2 is 1.42 bits per heavy atom. The predicted molar refractivity (Wildman–Crippen MR) is 64.8 cm³/mol. The van der Waals surface area contributed by atoms with E-state index in [9.17, 15) is 17.6 Å². The zero-order valence-electron chi connectivity index (χ0n) is 10.1. The van der Waals surface area contributed by atoms with E-state index in [4.69, 9.17) is 0 Å². The first-order valence-electron chi connectivity index (χ1n) is 5.64. The van der Waals surface area contributed by atoms with Gasteiger partial charge in [-0.25, -0.2) is 17.6 Å². The lowest BCUT2D eigenvalue weighted by Crippen LogP contribution is -2.10. The number of hydrogen-bond acceptors (Lipinski definition) is 1. The summed E-state index contributed by atoms with van der Waals surface area (Å²) in [6, 6.07) is 5.21. The van der Waals surface area contributed by atoms with E-state index in [1.165, 1.54) is 6.92 Å². The van der Waals surface area contributed by atoms with Gasteiger partial charge in [-0.05, 0) is 43.3 Å². The summed E-state index contributed by atoms with van der Waals surface area (Å²) in [4.78, 5) is 0. The minimum Gasteiger partial charge on any atom is -0.376 e. The minimum absolute atomic E-state index is 0.0451. The van der Waals surface area contributed by atoms with Gasteiger partial charge in [-0.2, -0.15) is 0 Å². The Bertz CT molecular complexity index is 598. The Kier molecular flexibility index (Phi) is 3.74. The van der Waals surface area contributed by atoms with E-state index >= 15 is 0 Å². The second-order valence-electron chi connectivity index (χ2n) is 4.16. The summed E-state index contributed by atoms with van der Waals surface area (Å²) in [5.41, 5.74) is -0.0557. The molecule has 0 aliphatic carbocycles. The van der Waals surface area contributed by atoms with Crippen LogP contribution < -0.4 is 5.32 Å². The number of rotatable bonds is 3. The average molecular weight is 269 g/mol. The molecule has 1 atom stereocenters. The standard InChI is InChI=1S/C14H11F4N/c1-8(11-6-9(15)2-4-12(11)17)19-14-7-10(16)3-5-13(14)18/h2-8,19H,1H3. The molecule has 0 saturated heterocycles. The molecule has 0 aliphatic rings. The highest BCUT2D eigenvalue weighted by Crippen LogP contribution is 2.24. The quantitative estimate of drug-likeness (QED) is 0.813. The maximum Gasteiger partial charge on any atom is 0.146 e. The van der Waals surface area contributed by atoms with Crippen molar-refractivity contribution in [1.29, 1.82) is 0 Å². The number of hydrogen-bond donors (Lipinski definition) is 1. The molecule has 5 heteroatoms. The Labute approximate surface area is 107 Å². The van der Waals surface area contributed by atoms with Gasteiger partial charge in [0.25, 0.3) is 0 Å². The first-order chi connectivity index (χ1) is 8.97. The summed E-state index contributed by atoms with van der Waals surface area (Å²) in [5.74, 6) is -2.48. The maximum absolute atomic E-state index is 13.5. The normalized spacial score (nSPS) is 12.3. The van der Waals surface area contributed by atoms with Gasteiger partial charge in [0.1, 0.15) is 23.3 Å². The number of anilines is 1. The summed E-state index contributed by atoms with van der Waals surface area (Å²) in [6.07, 6.45) is 0. The number of benzene rings is 2. The maximum atomic E-state index is 13.5. The van der Waals surface area contributed by atoms with Gasteiger partial charge < -0.3 is 5.32 Å². The highest BCUT2D eigenvalue weighted by molar-refractivity contribution is 5.47. The van der Waals surface area contributed by atoms with Crippen molar-refractivity contribution in [2.24, 2.45) is 0 Å². The lowest BCUT2D eigenvalue weighted by molar-refractivity contribution is 0.574. The molecular formula is C14H11F4N. The molecule has 0 fully saturated rings. The van der Waals surface area contributed by atoms with Crippen LogP contribution in [0, 0.1) is 23.3 Å². The molecule has 0 spiro atoms. The van der Waals surface area contributed by atoms with E-state index in [1.54, 1.807) is 0 Å². The van der Waals surface area contributed by atoms with Gasteiger partial charge in [-0.1, -0.05) is 0 Å². The Balaban J connectivity index is 2.27. The van der Waals surface area contributed by atoms with E-state index in [0.717, 1.165) is 36.4 Å². The Hall–Kier alpha value is -2.04. The van der Waals surface area contributed by atoms with E-state index < -0.39 is 29.3 Å². The summed E-state index contributed by atoms with van der Waals surface area (Å²) >= 11 is 0. The molecule has 2 aromatic rings.